The maximum atomic E-state index is 8.35. The van der Waals surface area contributed by atoms with E-state index in [0.29, 0.717) is 6.42 Å². The fourth-order valence-electron chi connectivity index (χ4n) is 1.57. The third kappa shape index (κ3) is 3.23. The van der Waals surface area contributed by atoms with E-state index in [1.165, 1.54) is 13.0 Å². The van der Waals surface area contributed by atoms with Crippen molar-refractivity contribution in [1.29, 1.82) is 5.26 Å². The Bertz CT molecular complexity index is 171. The van der Waals surface area contributed by atoms with Crippen molar-refractivity contribution in [2.24, 2.45) is 11.8 Å². The van der Waals surface area contributed by atoms with Crippen molar-refractivity contribution in [3.05, 3.63) is 0 Å². The Morgan fingerprint density at radius 1 is 1.58 bits per heavy atom. The van der Waals surface area contributed by atoms with Gasteiger partial charge in [-0.15, -0.1) is 0 Å². The number of hydrogen-bond donors (Lipinski definition) is 0. The summed E-state index contributed by atoms with van der Waals surface area (Å²) in [5.41, 5.74) is 0. The normalized spacial score (nSPS) is 27.2. The van der Waals surface area contributed by atoms with E-state index in [0.717, 1.165) is 24.8 Å². The minimum Gasteiger partial charge on any atom is -0.306 e. The lowest BCUT2D eigenvalue weighted by Crippen LogP contribution is -2.22. The smallest absolute Gasteiger partial charge is 0.0622 e. The van der Waals surface area contributed by atoms with Gasteiger partial charge in [0, 0.05) is 13.0 Å². The third-order valence-electron chi connectivity index (χ3n) is 2.65. The van der Waals surface area contributed by atoms with Crippen LogP contribution >= 0.6 is 0 Å². The number of rotatable bonds is 5. The van der Waals surface area contributed by atoms with Crippen LogP contribution in [0.5, 0.6) is 0 Å². The molecule has 0 aromatic heterocycles. The molecule has 0 saturated heterocycles. The van der Waals surface area contributed by atoms with Gasteiger partial charge in [0.1, 0.15) is 0 Å². The molecule has 2 nitrogen and oxygen atoms in total. The van der Waals surface area contributed by atoms with Crippen molar-refractivity contribution in [1.82, 2.24) is 4.90 Å². The van der Waals surface area contributed by atoms with Crippen LogP contribution in [0.25, 0.3) is 0 Å². The van der Waals surface area contributed by atoms with E-state index >= 15 is 0 Å². The van der Waals surface area contributed by atoms with E-state index in [9.17, 15) is 0 Å². The van der Waals surface area contributed by atoms with E-state index in [1.54, 1.807) is 0 Å². The molecule has 2 heteroatoms. The van der Waals surface area contributed by atoms with Gasteiger partial charge in [-0.05, 0) is 38.3 Å². The molecule has 0 aromatic rings. The molecule has 1 aliphatic carbocycles. The van der Waals surface area contributed by atoms with E-state index in [4.69, 9.17) is 5.26 Å². The van der Waals surface area contributed by atoms with Gasteiger partial charge >= 0.3 is 0 Å². The Morgan fingerprint density at radius 3 is 2.75 bits per heavy atom. The molecule has 0 aromatic carbocycles. The van der Waals surface area contributed by atoms with Crippen LogP contribution in [0, 0.1) is 23.2 Å². The molecule has 12 heavy (non-hydrogen) atoms. The maximum Gasteiger partial charge on any atom is 0.0622 e. The van der Waals surface area contributed by atoms with Crippen molar-refractivity contribution in [3.63, 3.8) is 0 Å². The zero-order valence-corrected chi connectivity index (χ0v) is 8.08. The molecular formula is C10H18N2. The molecule has 0 heterocycles. The monoisotopic (exact) mass is 166 g/mol. The van der Waals surface area contributed by atoms with Crippen molar-refractivity contribution >= 4 is 0 Å². The Hall–Kier alpha value is -0.550. The minimum absolute atomic E-state index is 0.699. The number of nitriles is 1. The summed E-state index contributed by atoms with van der Waals surface area (Å²) in [6, 6.07) is 2.17. The van der Waals surface area contributed by atoms with Crippen molar-refractivity contribution in [2.45, 2.75) is 26.2 Å². The Labute approximate surface area is 75.2 Å². The summed E-state index contributed by atoms with van der Waals surface area (Å²) in [6.45, 7) is 4.62. The van der Waals surface area contributed by atoms with Crippen LogP contribution in [0.15, 0.2) is 0 Å². The molecule has 0 radical (unpaired) electrons. The zero-order valence-electron chi connectivity index (χ0n) is 8.08. The highest BCUT2D eigenvalue weighted by atomic mass is 15.1. The van der Waals surface area contributed by atoms with Gasteiger partial charge in [0.05, 0.1) is 6.07 Å². The van der Waals surface area contributed by atoms with E-state index in [2.05, 4.69) is 24.9 Å². The highest BCUT2D eigenvalue weighted by Gasteiger charge is 2.32. The lowest BCUT2D eigenvalue weighted by atomic mass is 10.3. The fraction of sp³-hybridized carbons (Fsp3) is 0.900. The summed E-state index contributed by atoms with van der Waals surface area (Å²) in [5.74, 6) is 1.89. The standard InChI is InChI=1S/C10H18N2/c1-9-7-10(9)8-12(2)6-4-3-5-11/h9-10H,3-4,6-8H2,1-2H3. The average molecular weight is 166 g/mol. The van der Waals surface area contributed by atoms with Gasteiger partial charge in [0.15, 0.2) is 0 Å². The Morgan fingerprint density at radius 2 is 2.25 bits per heavy atom. The van der Waals surface area contributed by atoms with Crippen LogP contribution in [-0.2, 0) is 0 Å². The SMILES string of the molecule is CC1CC1CN(C)CCCC#N. The first-order valence-electron chi connectivity index (χ1n) is 4.79. The first-order chi connectivity index (χ1) is 5.74. The van der Waals surface area contributed by atoms with Crippen LogP contribution in [0.3, 0.4) is 0 Å². The first-order valence-corrected chi connectivity index (χ1v) is 4.79. The highest BCUT2D eigenvalue weighted by molar-refractivity contribution is 4.84. The maximum absolute atomic E-state index is 8.35. The van der Waals surface area contributed by atoms with Gasteiger partial charge in [0.25, 0.3) is 0 Å². The Balaban J connectivity index is 1.97. The molecule has 2 atom stereocenters. The van der Waals surface area contributed by atoms with Gasteiger partial charge in [-0.25, -0.2) is 0 Å². The molecule has 1 rings (SSSR count). The van der Waals surface area contributed by atoms with Crippen LogP contribution < -0.4 is 0 Å². The molecule has 68 valence electrons. The van der Waals surface area contributed by atoms with Crippen LogP contribution in [-0.4, -0.2) is 25.0 Å². The molecule has 1 saturated carbocycles. The lowest BCUT2D eigenvalue weighted by molar-refractivity contribution is 0.312. The first kappa shape index (κ1) is 9.54. The van der Waals surface area contributed by atoms with E-state index in [-0.39, 0.29) is 0 Å². The van der Waals surface area contributed by atoms with Crippen molar-refractivity contribution < 1.29 is 0 Å². The van der Waals surface area contributed by atoms with Gasteiger partial charge in [-0.1, -0.05) is 6.92 Å². The van der Waals surface area contributed by atoms with E-state index < -0.39 is 0 Å². The van der Waals surface area contributed by atoms with Crippen LogP contribution in [0.2, 0.25) is 0 Å². The predicted octanol–water partition coefficient (Wildman–Crippen LogP) is 1.88. The average Bonchev–Trinajstić information content (AvgIpc) is 2.67. The second-order valence-corrected chi connectivity index (χ2v) is 4.00. The molecule has 0 aliphatic heterocycles. The second kappa shape index (κ2) is 4.47. The molecule has 2 unspecified atom stereocenters. The quantitative estimate of drug-likeness (QED) is 0.583. The van der Waals surface area contributed by atoms with E-state index in [1.807, 2.05) is 0 Å². The summed E-state index contributed by atoms with van der Waals surface area (Å²) >= 11 is 0. The largest absolute Gasteiger partial charge is 0.306 e. The fourth-order valence-corrected chi connectivity index (χ4v) is 1.57. The van der Waals surface area contributed by atoms with Gasteiger partial charge in [-0.3, -0.25) is 0 Å². The highest BCUT2D eigenvalue weighted by Crippen LogP contribution is 2.37. The van der Waals surface area contributed by atoms with Crippen LogP contribution in [0.4, 0.5) is 0 Å². The van der Waals surface area contributed by atoms with Crippen molar-refractivity contribution in [3.8, 4) is 6.07 Å². The topological polar surface area (TPSA) is 27.0 Å². The van der Waals surface area contributed by atoms with Gasteiger partial charge in [0.2, 0.25) is 0 Å². The second-order valence-electron chi connectivity index (χ2n) is 4.00. The Kier molecular flexibility index (Phi) is 3.55. The lowest BCUT2D eigenvalue weighted by Gasteiger charge is -2.14. The predicted molar refractivity (Wildman–Crippen MR) is 49.6 cm³/mol. The van der Waals surface area contributed by atoms with Gasteiger partial charge < -0.3 is 4.90 Å². The molecule has 0 amide bonds. The molecule has 1 fully saturated rings. The molecule has 0 spiro atoms. The molecule has 1 aliphatic rings. The van der Waals surface area contributed by atoms with Crippen LogP contribution in [0.1, 0.15) is 26.2 Å². The molecule has 0 bridgehead atoms. The van der Waals surface area contributed by atoms with Gasteiger partial charge in [-0.2, -0.15) is 5.26 Å². The number of hydrogen-bond acceptors (Lipinski definition) is 2. The number of unbranched alkanes of at least 4 members (excludes halogenated alkanes) is 1. The molecular weight excluding hydrogens is 148 g/mol. The molecule has 0 N–H and O–H groups in total. The zero-order chi connectivity index (χ0) is 8.97. The third-order valence-corrected chi connectivity index (χ3v) is 2.65. The summed E-state index contributed by atoms with van der Waals surface area (Å²) in [7, 11) is 2.16. The van der Waals surface area contributed by atoms with Crippen molar-refractivity contribution in [2.75, 3.05) is 20.1 Å². The minimum atomic E-state index is 0.699. The summed E-state index contributed by atoms with van der Waals surface area (Å²) in [6.07, 6.45) is 3.13. The summed E-state index contributed by atoms with van der Waals surface area (Å²) in [4.78, 5) is 2.35. The summed E-state index contributed by atoms with van der Waals surface area (Å²) in [5, 5.41) is 8.35. The summed E-state index contributed by atoms with van der Waals surface area (Å²) < 4.78 is 0. The number of nitrogens with zero attached hydrogens (tertiary/aromatic N) is 2.